The predicted octanol–water partition coefficient (Wildman–Crippen LogP) is 0.722. The quantitative estimate of drug-likeness (QED) is 0.719. The zero-order valence-corrected chi connectivity index (χ0v) is 8.97. The molecule has 1 aromatic carbocycles. The first kappa shape index (κ1) is 11.5. The molecule has 1 rings (SSSR count). The molecule has 4 heteroatoms. The molecular formula is C11H16N2O2. The molecule has 0 fully saturated rings. The van der Waals surface area contributed by atoms with Crippen molar-refractivity contribution in [2.45, 2.75) is 13.0 Å². The van der Waals surface area contributed by atoms with Gasteiger partial charge in [0.2, 0.25) is 0 Å². The Balaban J connectivity index is 2.72. The lowest BCUT2D eigenvalue weighted by atomic mass is 10.2. The Morgan fingerprint density at radius 3 is 2.47 bits per heavy atom. The van der Waals surface area contributed by atoms with Gasteiger partial charge in [0.05, 0.1) is 6.10 Å². The van der Waals surface area contributed by atoms with Gasteiger partial charge in [-0.25, -0.2) is 0 Å². The molecule has 0 saturated heterocycles. The van der Waals surface area contributed by atoms with E-state index in [9.17, 15) is 4.79 Å². The summed E-state index contributed by atoms with van der Waals surface area (Å²) >= 11 is 0. The third-order valence-electron chi connectivity index (χ3n) is 2.04. The molecule has 0 aliphatic carbocycles. The fourth-order valence-corrected chi connectivity index (χ4v) is 1.33. The topological polar surface area (TPSA) is 66.6 Å². The van der Waals surface area contributed by atoms with Gasteiger partial charge in [-0.15, -0.1) is 0 Å². The smallest absolute Gasteiger partial charge is 0.253 e. The van der Waals surface area contributed by atoms with Crippen LogP contribution in [0.25, 0.3) is 0 Å². The molecule has 0 aliphatic rings. The molecule has 1 amide bonds. The van der Waals surface area contributed by atoms with E-state index in [1.54, 1.807) is 38.2 Å². The van der Waals surface area contributed by atoms with Gasteiger partial charge in [-0.3, -0.25) is 4.79 Å². The van der Waals surface area contributed by atoms with Crippen molar-refractivity contribution in [1.82, 2.24) is 4.90 Å². The van der Waals surface area contributed by atoms with E-state index in [0.29, 0.717) is 17.8 Å². The van der Waals surface area contributed by atoms with Crippen LogP contribution in [-0.2, 0) is 0 Å². The van der Waals surface area contributed by atoms with Crippen molar-refractivity contribution in [2.24, 2.45) is 0 Å². The second kappa shape index (κ2) is 4.79. The number of carbonyl (C=O) groups is 1. The van der Waals surface area contributed by atoms with Crippen molar-refractivity contribution >= 4 is 11.6 Å². The molecule has 0 radical (unpaired) electrons. The Morgan fingerprint density at radius 2 is 2.00 bits per heavy atom. The number of nitrogens with two attached hydrogens (primary N) is 1. The van der Waals surface area contributed by atoms with E-state index in [1.165, 1.54) is 4.90 Å². The lowest BCUT2D eigenvalue weighted by Gasteiger charge is -2.18. The van der Waals surface area contributed by atoms with E-state index in [-0.39, 0.29) is 5.91 Å². The summed E-state index contributed by atoms with van der Waals surface area (Å²) in [4.78, 5) is 13.2. The Morgan fingerprint density at radius 1 is 1.47 bits per heavy atom. The monoisotopic (exact) mass is 208 g/mol. The number of carbonyl (C=O) groups excluding carboxylic acids is 1. The zero-order valence-electron chi connectivity index (χ0n) is 8.97. The number of rotatable bonds is 3. The number of hydrogen-bond acceptors (Lipinski definition) is 3. The Bertz CT molecular complexity index is 333. The fourth-order valence-electron chi connectivity index (χ4n) is 1.33. The van der Waals surface area contributed by atoms with Crippen molar-refractivity contribution in [3.8, 4) is 0 Å². The maximum Gasteiger partial charge on any atom is 0.253 e. The Hall–Kier alpha value is -1.55. The molecule has 1 unspecified atom stereocenters. The molecule has 0 aliphatic heterocycles. The van der Waals surface area contributed by atoms with Gasteiger partial charge in [-0.05, 0) is 31.2 Å². The first-order chi connectivity index (χ1) is 7.00. The van der Waals surface area contributed by atoms with Crippen LogP contribution in [0, 0.1) is 0 Å². The van der Waals surface area contributed by atoms with Crippen molar-refractivity contribution in [3.05, 3.63) is 29.8 Å². The summed E-state index contributed by atoms with van der Waals surface area (Å²) in [6.07, 6.45) is -0.521. The highest BCUT2D eigenvalue weighted by Gasteiger charge is 2.12. The summed E-state index contributed by atoms with van der Waals surface area (Å²) in [6.45, 7) is 1.97. The Kier molecular flexibility index (Phi) is 3.68. The molecule has 0 aromatic heterocycles. The second-order valence-electron chi connectivity index (χ2n) is 3.66. The number of nitrogen functional groups attached to an aromatic ring is 1. The summed E-state index contributed by atoms with van der Waals surface area (Å²) in [5.74, 6) is -0.115. The van der Waals surface area contributed by atoms with Crippen molar-refractivity contribution in [1.29, 1.82) is 0 Å². The molecule has 0 saturated carbocycles. The third kappa shape index (κ3) is 3.25. The van der Waals surface area contributed by atoms with Crippen LogP contribution in [0.15, 0.2) is 24.3 Å². The lowest BCUT2D eigenvalue weighted by Crippen LogP contribution is -2.32. The van der Waals surface area contributed by atoms with Crippen LogP contribution in [0.4, 0.5) is 5.69 Å². The van der Waals surface area contributed by atoms with Gasteiger partial charge >= 0.3 is 0 Å². The van der Waals surface area contributed by atoms with Crippen molar-refractivity contribution < 1.29 is 9.90 Å². The molecule has 82 valence electrons. The standard InChI is InChI=1S/C11H16N2O2/c1-8(14)7-13(2)11(15)9-3-5-10(12)6-4-9/h3-6,8,14H,7,12H2,1-2H3. The van der Waals surface area contributed by atoms with Gasteiger partial charge in [0.25, 0.3) is 5.91 Å². The van der Waals surface area contributed by atoms with Crippen LogP contribution in [-0.4, -0.2) is 35.6 Å². The summed E-state index contributed by atoms with van der Waals surface area (Å²) in [6, 6.07) is 6.72. The molecule has 1 aromatic rings. The largest absolute Gasteiger partial charge is 0.399 e. The van der Waals surface area contributed by atoms with Gasteiger partial charge < -0.3 is 15.7 Å². The van der Waals surface area contributed by atoms with E-state index < -0.39 is 6.10 Å². The minimum atomic E-state index is -0.521. The third-order valence-corrected chi connectivity index (χ3v) is 2.04. The van der Waals surface area contributed by atoms with Crippen LogP contribution in [0.2, 0.25) is 0 Å². The molecule has 1 atom stereocenters. The van der Waals surface area contributed by atoms with Crippen LogP contribution in [0.1, 0.15) is 17.3 Å². The minimum absolute atomic E-state index is 0.115. The number of nitrogens with zero attached hydrogens (tertiary/aromatic N) is 1. The molecular weight excluding hydrogens is 192 g/mol. The summed E-state index contributed by atoms with van der Waals surface area (Å²) in [5.41, 5.74) is 6.72. The maximum absolute atomic E-state index is 11.8. The van der Waals surface area contributed by atoms with Gasteiger partial charge in [0.1, 0.15) is 0 Å². The average Bonchev–Trinajstić information content (AvgIpc) is 2.17. The first-order valence-electron chi connectivity index (χ1n) is 4.80. The second-order valence-corrected chi connectivity index (χ2v) is 3.66. The van der Waals surface area contributed by atoms with Gasteiger partial charge in [-0.2, -0.15) is 0 Å². The number of hydrogen-bond donors (Lipinski definition) is 2. The zero-order chi connectivity index (χ0) is 11.4. The van der Waals surface area contributed by atoms with E-state index in [0.717, 1.165) is 0 Å². The van der Waals surface area contributed by atoms with Crippen LogP contribution < -0.4 is 5.73 Å². The highest BCUT2D eigenvalue weighted by molar-refractivity contribution is 5.94. The molecule has 4 nitrogen and oxygen atoms in total. The predicted molar refractivity (Wildman–Crippen MR) is 59.5 cm³/mol. The van der Waals surface area contributed by atoms with Crippen LogP contribution in [0.3, 0.4) is 0 Å². The molecule has 0 bridgehead atoms. The number of aliphatic hydroxyl groups excluding tert-OH is 1. The van der Waals surface area contributed by atoms with Crippen LogP contribution in [0.5, 0.6) is 0 Å². The van der Waals surface area contributed by atoms with Crippen LogP contribution >= 0.6 is 0 Å². The van der Waals surface area contributed by atoms with Crippen molar-refractivity contribution in [3.63, 3.8) is 0 Å². The summed E-state index contributed by atoms with van der Waals surface area (Å²) < 4.78 is 0. The van der Waals surface area contributed by atoms with Gasteiger partial charge in [0, 0.05) is 24.8 Å². The van der Waals surface area contributed by atoms with Gasteiger partial charge in [-0.1, -0.05) is 0 Å². The number of anilines is 1. The first-order valence-corrected chi connectivity index (χ1v) is 4.80. The fraction of sp³-hybridized carbons (Fsp3) is 0.364. The molecule has 3 N–H and O–H groups in total. The Labute approximate surface area is 89.3 Å². The highest BCUT2D eigenvalue weighted by Crippen LogP contribution is 2.08. The number of benzene rings is 1. The lowest BCUT2D eigenvalue weighted by molar-refractivity contribution is 0.0704. The van der Waals surface area contributed by atoms with Crippen molar-refractivity contribution in [2.75, 3.05) is 19.3 Å². The normalized spacial score (nSPS) is 12.2. The minimum Gasteiger partial charge on any atom is -0.399 e. The summed E-state index contributed by atoms with van der Waals surface area (Å²) in [7, 11) is 1.66. The average molecular weight is 208 g/mol. The van der Waals surface area contributed by atoms with E-state index in [1.807, 2.05) is 0 Å². The maximum atomic E-state index is 11.8. The molecule has 15 heavy (non-hydrogen) atoms. The number of amides is 1. The van der Waals surface area contributed by atoms with E-state index >= 15 is 0 Å². The highest BCUT2D eigenvalue weighted by atomic mass is 16.3. The summed E-state index contributed by atoms with van der Waals surface area (Å²) in [5, 5.41) is 9.15. The molecule has 0 heterocycles. The number of likely N-dealkylation sites (N-methyl/N-ethyl adjacent to an activating group) is 1. The van der Waals surface area contributed by atoms with Gasteiger partial charge in [0.15, 0.2) is 0 Å². The number of aliphatic hydroxyl groups is 1. The van der Waals surface area contributed by atoms with E-state index in [4.69, 9.17) is 10.8 Å². The molecule has 0 spiro atoms. The van der Waals surface area contributed by atoms with E-state index in [2.05, 4.69) is 0 Å². The SMILES string of the molecule is CC(O)CN(C)C(=O)c1ccc(N)cc1.